The summed E-state index contributed by atoms with van der Waals surface area (Å²) in [5, 5.41) is 8.63. The van der Waals surface area contributed by atoms with Crippen LogP contribution in [0.3, 0.4) is 0 Å². The Morgan fingerprint density at radius 2 is 1.93 bits per heavy atom. The Morgan fingerprint density at radius 1 is 1.24 bits per heavy atom. The molecule has 2 aromatic heterocycles. The Bertz CT molecular complexity index is 1370. The summed E-state index contributed by atoms with van der Waals surface area (Å²) in [6.45, 7) is -0.805. The van der Waals surface area contributed by atoms with Gasteiger partial charge in [0.25, 0.3) is 5.91 Å². The summed E-state index contributed by atoms with van der Waals surface area (Å²) < 4.78 is 103. The molecule has 0 radical (unpaired) electrons. The van der Waals surface area contributed by atoms with Crippen LogP contribution in [0.25, 0.3) is 5.65 Å². The van der Waals surface area contributed by atoms with E-state index in [1.165, 1.54) is 30.1 Å². The number of carbonyl (C=O) groups excluding carboxylic acids is 2. The summed E-state index contributed by atoms with van der Waals surface area (Å²) >= 11 is 0. The maximum absolute atomic E-state index is 14.5. The average Bonchev–Trinajstić information content (AvgIpc) is 3.30. The number of ether oxygens (including phenoxy) is 1. The second kappa shape index (κ2) is 11.0. The van der Waals surface area contributed by atoms with Crippen molar-refractivity contribution in [3.63, 3.8) is 0 Å². The first-order chi connectivity index (χ1) is 19.7. The third-order valence-corrected chi connectivity index (χ3v) is 7.95. The van der Waals surface area contributed by atoms with Crippen LogP contribution in [0.5, 0.6) is 0 Å². The van der Waals surface area contributed by atoms with Crippen LogP contribution in [0.2, 0.25) is 0 Å². The fraction of sp³-hybridized carbons (Fsp3) is 0.615. The van der Waals surface area contributed by atoms with Crippen LogP contribution < -0.4 is 10.6 Å². The lowest BCUT2D eigenvalue weighted by atomic mass is 9.81. The zero-order valence-electron chi connectivity index (χ0n) is 22.4. The quantitative estimate of drug-likeness (QED) is 0.318. The molecule has 16 heteroatoms. The van der Waals surface area contributed by atoms with E-state index < -0.39 is 79.0 Å². The monoisotopic (exact) mass is 606 g/mol. The highest BCUT2D eigenvalue weighted by Crippen LogP contribution is 2.43. The number of nitrogens with zero attached hydrogens (tertiary/aromatic N) is 4. The number of nitrogens with one attached hydrogen (secondary N) is 2. The Morgan fingerprint density at radius 3 is 2.52 bits per heavy atom. The van der Waals surface area contributed by atoms with E-state index in [-0.39, 0.29) is 43.6 Å². The number of urea groups is 1. The zero-order valence-corrected chi connectivity index (χ0v) is 22.4. The molecule has 0 spiro atoms. The number of alkyl halides is 6. The highest BCUT2D eigenvalue weighted by Gasteiger charge is 2.49. The molecule has 3 aliphatic rings. The van der Waals surface area contributed by atoms with Crippen LogP contribution in [0.4, 0.5) is 35.5 Å². The third kappa shape index (κ3) is 6.47. The van der Waals surface area contributed by atoms with Crippen LogP contribution in [0.15, 0.2) is 30.4 Å². The van der Waals surface area contributed by atoms with Gasteiger partial charge >= 0.3 is 12.2 Å². The van der Waals surface area contributed by atoms with Crippen LogP contribution >= 0.6 is 0 Å². The fourth-order valence-electron chi connectivity index (χ4n) is 5.37. The number of hydrogen-bond donors (Lipinski definition) is 2. The van der Waals surface area contributed by atoms with Crippen molar-refractivity contribution in [3.8, 4) is 0 Å². The lowest BCUT2D eigenvalue weighted by molar-refractivity contribution is -0.150. The first-order valence-corrected chi connectivity index (χ1v) is 13.4. The average molecular weight is 607 g/mol. The second-order valence-corrected chi connectivity index (χ2v) is 11.1. The van der Waals surface area contributed by atoms with Crippen molar-refractivity contribution < 1.29 is 45.1 Å². The van der Waals surface area contributed by atoms with Gasteiger partial charge < -0.3 is 20.3 Å². The van der Waals surface area contributed by atoms with Gasteiger partial charge in [0.1, 0.15) is 11.7 Å². The fourth-order valence-corrected chi connectivity index (χ4v) is 5.37. The van der Waals surface area contributed by atoms with Gasteiger partial charge in [-0.1, -0.05) is 0 Å². The Hall–Kier alpha value is -3.43. The van der Waals surface area contributed by atoms with Gasteiger partial charge in [-0.3, -0.25) is 4.79 Å². The number of rotatable bonds is 9. The summed E-state index contributed by atoms with van der Waals surface area (Å²) in [6.07, 6.45) is -1.99. The smallest absolute Gasteiger partial charge is 0.382 e. The molecule has 9 nitrogen and oxygen atoms in total. The molecule has 1 saturated heterocycles. The van der Waals surface area contributed by atoms with E-state index in [0.717, 1.165) is 4.90 Å². The molecule has 3 atom stereocenters. The number of carbonyl (C=O) groups is 2. The topological polar surface area (TPSA) is 101 Å². The molecule has 3 heterocycles. The van der Waals surface area contributed by atoms with Crippen molar-refractivity contribution in [1.82, 2.24) is 30.1 Å². The Balaban J connectivity index is 1.43. The van der Waals surface area contributed by atoms with Crippen LogP contribution in [-0.2, 0) is 9.53 Å². The van der Waals surface area contributed by atoms with Crippen molar-refractivity contribution in [2.45, 2.75) is 74.4 Å². The first kappa shape index (κ1) is 30.0. The predicted molar refractivity (Wildman–Crippen MR) is 133 cm³/mol. The SMILES string of the molecule is COC[C@H](c1cnn2cc([C@@H](NC(=O)/C(F)=C\C3(F)CC3)C3CCC(F)(F)CC3)nc2c1)N1C[C@@H](C(F)(F)F)NC1=O. The first-order valence-electron chi connectivity index (χ1n) is 13.4. The summed E-state index contributed by atoms with van der Waals surface area (Å²) in [5.74, 6) is -5.94. The number of amides is 3. The van der Waals surface area contributed by atoms with E-state index in [9.17, 15) is 40.3 Å². The highest BCUT2D eigenvalue weighted by atomic mass is 19.4. The van der Waals surface area contributed by atoms with Gasteiger partial charge in [0.2, 0.25) is 5.92 Å². The summed E-state index contributed by atoms with van der Waals surface area (Å²) in [5.41, 5.74) is -1.22. The van der Waals surface area contributed by atoms with E-state index in [4.69, 9.17) is 4.74 Å². The molecule has 0 unspecified atom stereocenters. The molecule has 2 saturated carbocycles. The molecule has 5 rings (SSSR count). The molecule has 2 aromatic rings. The maximum atomic E-state index is 14.5. The van der Waals surface area contributed by atoms with Gasteiger partial charge in [0, 0.05) is 25.5 Å². The lowest BCUT2D eigenvalue weighted by Gasteiger charge is -2.33. The minimum atomic E-state index is -4.65. The Kier molecular flexibility index (Phi) is 7.87. The molecule has 0 aromatic carbocycles. The van der Waals surface area contributed by atoms with Crippen molar-refractivity contribution in [3.05, 3.63) is 41.6 Å². The van der Waals surface area contributed by atoms with Gasteiger partial charge in [0.15, 0.2) is 11.5 Å². The molecular formula is C26H29F7N6O3. The Labute approximate surface area is 235 Å². The largest absolute Gasteiger partial charge is 0.410 e. The molecule has 0 bridgehead atoms. The molecule has 1 aliphatic heterocycles. The highest BCUT2D eigenvalue weighted by molar-refractivity contribution is 5.91. The maximum Gasteiger partial charge on any atom is 0.410 e. The zero-order chi connectivity index (χ0) is 30.4. The van der Waals surface area contributed by atoms with E-state index in [1.54, 1.807) is 0 Å². The normalized spacial score (nSPS) is 24.0. The minimum Gasteiger partial charge on any atom is -0.382 e. The van der Waals surface area contributed by atoms with Gasteiger partial charge in [-0.25, -0.2) is 31.9 Å². The van der Waals surface area contributed by atoms with E-state index in [0.29, 0.717) is 11.6 Å². The number of methoxy groups -OCH3 is 1. The number of hydrogen-bond acceptors (Lipinski definition) is 5. The summed E-state index contributed by atoms with van der Waals surface area (Å²) in [6, 6.07) is -3.49. The van der Waals surface area contributed by atoms with Gasteiger partial charge in [0.05, 0.1) is 43.3 Å². The van der Waals surface area contributed by atoms with Gasteiger partial charge in [-0.2, -0.15) is 18.3 Å². The van der Waals surface area contributed by atoms with E-state index in [1.807, 2.05) is 5.32 Å². The van der Waals surface area contributed by atoms with Crippen LogP contribution in [0, 0.1) is 5.92 Å². The van der Waals surface area contributed by atoms with Crippen molar-refractivity contribution in [2.24, 2.45) is 5.92 Å². The van der Waals surface area contributed by atoms with E-state index >= 15 is 0 Å². The molecule has 3 amide bonds. The van der Waals surface area contributed by atoms with Crippen molar-refractivity contribution >= 4 is 17.6 Å². The number of fused-ring (bicyclic) bond motifs is 1. The second-order valence-electron chi connectivity index (χ2n) is 11.1. The standard InChI is InChI=1S/C26H29F7N6O3/c1-42-13-18(38-12-19(26(31,32)33)36-23(38)41)15-8-20-35-17(11-39(20)34-10-15)21(14-2-4-25(29,30)5-3-14)37-22(40)16(27)9-24(28)6-7-24/h8-11,14,18-19,21H,2-7,12-13H2,1H3,(H,36,41)(H,37,40)/b16-9+/t18-,19+,21+/m1/s1. The summed E-state index contributed by atoms with van der Waals surface area (Å²) in [4.78, 5) is 30.5. The number of imidazole rings is 1. The predicted octanol–water partition coefficient (Wildman–Crippen LogP) is 4.71. The molecule has 2 aliphatic carbocycles. The molecule has 3 fully saturated rings. The van der Waals surface area contributed by atoms with Gasteiger partial charge in [-0.05, 0) is 43.7 Å². The molecule has 2 N–H and O–H groups in total. The van der Waals surface area contributed by atoms with Gasteiger partial charge in [-0.15, -0.1) is 0 Å². The molecule has 230 valence electrons. The molecule has 42 heavy (non-hydrogen) atoms. The number of allylic oxidation sites excluding steroid dienone is 1. The van der Waals surface area contributed by atoms with Crippen LogP contribution in [0.1, 0.15) is 61.9 Å². The third-order valence-electron chi connectivity index (χ3n) is 7.95. The van der Waals surface area contributed by atoms with Crippen molar-refractivity contribution in [1.29, 1.82) is 0 Å². The summed E-state index contributed by atoms with van der Waals surface area (Å²) in [7, 11) is 1.32. The van der Waals surface area contributed by atoms with Crippen LogP contribution in [-0.4, -0.2) is 75.5 Å². The molecular weight excluding hydrogens is 577 g/mol. The number of halogens is 7. The minimum absolute atomic E-state index is 0.00321. The number of aromatic nitrogens is 3. The lowest BCUT2D eigenvalue weighted by Crippen LogP contribution is -2.40. The van der Waals surface area contributed by atoms with E-state index in [2.05, 4.69) is 15.4 Å². The van der Waals surface area contributed by atoms with Crippen molar-refractivity contribution in [2.75, 3.05) is 20.3 Å².